The molecule has 0 aliphatic rings. The topological polar surface area (TPSA) is 0 Å². The molecule has 0 saturated heterocycles. The zero-order valence-electron chi connectivity index (χ0n) is 8.92. The average molecular weight is 246 g/mol. The first kappa shape index (κ1) is 13.2. The van der Waals surface area contributed by atoms with Gasteiger partial charge in [-0.3, -0.25) is 0 Å². The molecule has 0 bridgehead atoms. The van der Waals surface area contributed by atoms with Crippen molar-refractivity contribution >= 4 is 17.3 Å². The molecule has 0 heterocycles. The molecule has 1 rings (SSSR count). The van der Waals surface area contributed by atoms with Gasteiger partial charge in [0.25, 0.3) is 0 Å². The van der Waals surface area contributed by atoms with E-state index in [-0.39, 0.29) is 11.8 Å². The van der Waals surface area contributed by atoms with Gasteiger partial charge in [-0.25, -0.2) is 0 Å². The minimum Gasteiger partial charge on any atom is -0.160 e. The second kappa shape index (κ2) is 5.43. The first-order valence-corrected chi connectivity index (χ1v) is 5.80. The molecule has 0 saturated carbocycles. The fourth-order valence-corrected chi connectivity index (χ4v) is 2.17. The Morgan fingerprint density at radius 2 is 1.88 bits per heavy atom. The molecule has 0 N–H and O–H groups in total. The number of hydrogen-bond donors (Lipinski definition) is 0. The van der Waals surface area contributed by atoms with Crippen molar-refractivity contribution in [1.29, 1.82) is 0 Å². The van der Waals surface area contributed by atoms with Crippen LogP contribution in [0.4, 0.5) is 13.2 Å². The molecular weight excluding hydrogens is 233 g/mol. The van der Waals surface area contributed by atoms with E-state index in [1.165, 1.54) is 0 Å². The molecule has 1 aromatic rings. The monoisotopic (exact) mass is 246 g/mol. The Morgan fingerprint density at radius 1 is 1.31 bits per heavy atom. The van der Waals surface area contributed by atoms with E-state index in [0.29, 0.717) is 12.0 Å². The summed E-state index contributed by atoms with van der Waals surface area (Å²) in [4.78, 5) is 0. The highest BCUT2D eigenvalue weighted by Gasteiger charge is 2.33. The summed E-state index contributed by atoms with van der Waals surface area (Å²) in [5, 5.41) is -0.609. The van der Waals surface area contributed by atoms with Crippen LogP contribution in [-0.4, -0.2) is 10.8 Å². The number of halogens is 3. The molecule has 1 atom stereocenters. The van der Waals surface area contributed by atoms with Gasteiger partial charge in [-0.15, -0.1) is 0 Å². The van der Waals surface area contributed by atoms with Crippen LogP contribution in [0.1, 0.15) is 18.9 Å². The van der Waals surface area contributed by atoms with E-state index < -0.39 is 10.8 Å². The largest absolute Gasteiger partial charge is 0.442 e. The van der Waals surface area contributed by atoms with Crippen LogP contribution in [0.15, 0.2) is 36.9 Å². The Balaban J connectivity index is 2.78. The molecule has 0 nitrogen and oxygen atoms in total. The maximum absolute atomic E-state index is 12.3. The van der Waals surface area contributed by atoms with Crippen LogP contribution in [0.25, 0.3) is 5.57 Å². The van der Waals surface area contributed by atoms with Crippen molar-refractivity contribution in [2.24, 2.45) is 0 Å². The average Bonchev–Trinajstić information content (AvgIpc) is 2.25. The number of hydrogen-bond acceptors (Lipinski definition) is 1. The van der Waals surface area contributed by atoms with Crippen molar-refractivity contribution in [2.75, 3.05) is 0 Å². The maximum Gasteiger partial charge on any atom is 0.442 e. The Hall–Kier alpha value is -0.900. The summed E-state index contributed by atoms with van der Waals surface area (Å²) >= 11 is 0.00526. The lowest BCUT2D eigenvalue weighted by atomic mass is 10.0. The number of thioether (sulfide) groups is 1. The SMILES string of the molecule is C=C(c1ccccc1)[C@@H](CC)SC(F)(F)F. The third-order valence-corrected chi connectivity index (χ3v) is 3.35. The lowest BCUT2D eigenvalue weighted by Crippen LogP contribution is -2.12. The summed E-state index contributed by atoms with van der Waals surface area (Å²) in [7, 11) is 0. The van der Waals surface area contributed by atoms with Crippen LogP contribution in [0.2, 0.25) is 0 Å². The van der Waals surface area contributed by atoms with E-state index in [1.54, 1.807) is 31.2 Å². The third-order valence-electron chi connectivity index (χ3n) is 2.18. The van der Waals surface area contributed by atoms with Gasteiger partial charge < -0.3 is 0 Å². The number of rotatable bonds is 4. The first-order chi connectivity index (χ1) is 7.44. The molecule has 0 aliphatic heterocycles. The van der Waals surface area contributed by atoms with Crippen molar-refractivity contribution in [3.63, 3.8) is 0 Å². The summed E-state index contributed by atoms with van der Waals surface area (Å²) in [5.41, 5.74) is -2.91. The fourth-order valence-electron chi connectivity index (χ4n) is 1.40. The Morgan fingerprint density at radius 3 is 2.31 bits per heavy atom. The van der Waals surface area contributed by atoms with Gasteiger partial charge in [0, 0.05) is 5.25 Å². The van der Waals surface area contributed by atoms with Gasteiger partial charge in [-0.1, -0.05) is 43.8 Å². The van der Waals surface area contributed by atoms with Gasteiger partial charge in [-0.05, 0) is 29.3 Å². The summed E-state index contributed by atoms with van der Waals surface area (Å²) in [6.07, 6.45) is 0.415. The summed E-state index contributed by atoms with van der Waals surface area (Å²) in [6, 6.07) is 8.98. The highest BCUT2D eigenvalue weighted by Crippen LogP contribution is 2.40. The molecule has 0 radical (unpaired) electrons. The minimum absolute atomic E-state index is 0.00526. The molecular formula is C12H13F3S. The predicted octanol–water partition coefficient (Wildman–Crippen LogP) is 4.73. The first-order valence-electron chi connectivity index (χ1n) is 4.93. The number of benzene rings is 1. The molecule has 0 unspecified atom stereocenters. The molecule has 88 valence electrons. The van der Waals surface area contributed by atoms with Crippen LogP contribution in [-0.2, 0) is 0 Å². The lowest BCUT2D eigenvalue weighted by molar-refractivity contribution is -0.0331. The quantitative estimate of drug-likeness (QED) is 0.740. The molecule has 1 aromatic carbocycles. The van der Waals surface area contributed by atoms with E-state index in [4.69, 9.17) is 0 Å². The van der Waals surface area contributed by atoms with Crippen molar-refractivity contribution in [1.82, 2.24) is 0 Å². The van der Waals surface area contributed by atoms with Gasteiger partial charge >= 0.3 is 5.51 Å². The summed E-state index contributed by atoms with van der Waals surface area (Å²) < 4.78 is 36.9. The normalized spacial score (nSPS) is 13.5. The summed E-state index contributed by atoms with van der Waals surface area (Å²) in [5.74, 6) is 0. The molecule has 0 aromatic heterocycles. The molecule has 0 spiro atoms. The van der Waals surface area contributed by atoms with Crippen molar-refractivity contribution in [3.8, 4) is 0 Å². The van der Waals surface area contributed by atoms with Crippen LogP contribution in [0.5, 0.6) is 0 Å². The van der Waals surface area contributed by atoms with Crippen molar-refractivity contribution < 1.29 is 13.2 Å². The van der Waals surface area contributed by atoms with E-state index >= 15 is 0 Å². The zero-order chi connectivity index (χ0) is 12.2. The second-order valence-electron chi connectivity index (χ2n) is 3.35. The molecule has 0 fully saturated rings. The van der Waals surface area contributed by atoms with Gasteiger partial charge in [0.05, 0.1) is 0 Å². The molecule has 0 amide bonds. The van der Waals surface area contributed by atoms with E-state index in [1.807, 2.05) is 6.07 Å². The Kier molecular flexibility index (Phi) is 4.47. The van der Waals surface area contributed by atoms with Crippen molar-refractivity contribution in [2.45, 2.75) is 24.1 Å². The van der Waals surface area contributed by atoms with Crippen molar-refractivity contribution in [3.05, 3.63) is 42.5 Å². The molecule has 0 aliphatic carbocycles. The smallest absolute Gasteiger partial charge is 0.160 e. The Labute approximate surface area is 97.6 Å². The van der Waals surface area contributed by atoms with Gasteiger partial charge in [0.15, 0.2) is 0 Å². The van der Waals surface area contributed by atoms with Gasteiger partial charge in [0.1, 0.15) is 0 Å². The molecule has 16 heavy (non-hydrogen) atoms. The van der Waals surface area contributed by atoms with E-state index in [0.717, 1.165) is 5.56 Å². The standard InChI is InChI=1S/C12H13F3S/c1-3-11(16-12(13,14)15)9(2)10-7-5-4-6-8-10/h4-8,11H,2-3H2,1H3/t11-/m1/s1. The Bertz CT molecular complexity index is 343. The second-order valence-corrected chi connectivity index (χ2v) is 4.62. The predicted molar refractivity (Wildman–Crippen MR) is 63.2 cm³/mol. The van der Waals surface area contributed by atoms with E-state index in [2.05, 4.69) is 6.58 Å². The lowest BCUT2D eigenvalue weighted by Gasteiger charge is -2.19. The van der Waals surface area contributed by atoms with Crippen LogP contribution in [0.3, 0.4) is 0 Å². The number of alkyl halides is 3. The molecule has 4 heteroatoms. The third kappa shape index (κ3) is 3.93. The summed E-state index contributed by atoms with van der Waals surface area (Å²) in [6.45, 7) is 5.49. The van der Waals surface area contributed by atoms with Crippen LogP contribution in [0, 0.1) is 0 Å². The van der Waals surface area contributed by atoms with E-state index in [9.17, 15) is 13.2 Å². The highest BCUT2D eigenvalue weighted by molar-refractivity contribution is 8.01. The fraction of sp³-hybridized carbons (Fsp3) is 0.333. The van der Waals surface area contributed by atoms with Crippen LogP contribution < -0.4 is 0 Å². The minimum atomic E-state index is -4.21. The van der Waals surface area contributed by atoms with Crippen LogP contribution >= 0.6 is 11.8 Å². The van der Waals surface area contributed by atoms with Gasteiger partial charge in [-0.2, -0.15) is 13.2 Å². The maximum atomic E-state index is 12.3. The zero-order valence-corrected chi connectivity index (χ0v) is 9.74. The highest BCUT2D eigenvalue weighted by atomic mass is 32.2. The van der Waals surface area contributed by atoms with Gasteiger partial charge in [0.2, 0.25) is 0 Å².